The zero-order valence-electron chi connectivity index (χ0n) is 9.52. The fourth-order valence-corrected chi connectivity index (χ4v) is 1.74. The van der Waals surface area contributed by atoms with Crippen LogP contribution in [0.1, 0.15) is 13.8 Å². The minimum absolute atomic E-state index is 0.353. The number of hydrogen-bond acceptors (Lipinski definition) is 3. The van der Waals surface area contributed by atoms with Gasteiger partial charge in [-0.25, -0.2) is 0 Å². The quantitative estimate of drug-likeness (QED) is 0.695. The molecule has 0 spiro atoms. The van der Waals surface area contributed by atoms with E-state index in [9.17, 15) is 4.79 Å². The van der Waals surface area contributed by atoms with Crippen LogP contribution in [0.25, 0.3) is 0 Å². The van der Waals surface area contributed by atoms with E-state index in [-0.39, 0.29) is 6.04 Å². The van der Waals surface area contributed by atoms with Gasteiger partial charge in [0.25, 0.3) is 0 Å². The van der Waals surface area contributed by atoms with Gasteiger partial charge in [-0.05, 0) is 13.8 Å². The summed E-state index contributed by atoms with van der Waals surface area (Å²) >= 11 is 0. The molecule has 1 aliphatic heterocycles. The second-order valence-corrected chi connectivity index (χ2v) is 3.92. The smallest absolute Gasteiger partial charge is 0.320 e. The minimum atomic E-state index is -0.725. The van der Waals surface area contributed by atoms with E-state index in [4.69, 9.17) is 5.11 Å². The molecular weight excluding hydrogens is 192 g/mol. The fraction of sp³-hybridized carbons (Fsp3) is 0.727. The van der Waals surface area contributed by atoms with Gasteiger partial charge >= 0.3 is 5.97 Å². The summed E-state index contributed by atoms with van der Waals surface area (Å²) in [5, 5.41) is 8.88. The van der Waals surface area contributed by atoms with Crippen LogP contribution in [-0.2, 0) is 4.79 Å². The molecule has 0 bridgehead atoms. The first-order valence-corrected chi connectivity index (χ1v) is 5.45. The Kier molecular flexibility index (Phi) is 4.78. The second-order valence-electron chi connectivity index (χ2n) is 3.92. The maximum Gasteiger partial charge on any atom is 0.320 e. The number of carbonyl (C=O) groups is 1. The average molecular weight is 212 g/mol. The summed E-state index contributed by atoms with van der Waals surface area (Å²) < 4.78 is 0. The van der Waals surface area contributed by atoms with Crippen LogP contribution in [0.5, 0.6) is 0 Å². The standard InChI is InChI=1S/C11H20N2O2/c1-3-4-5-12-6-8-13(9-7-12)10(2)11(14)15/h3-4,10H,5-9H2,1-2H3,(H,14,15). The molecule has 0 saturated carbocycles. The molecule has 4 nitrogen and oxygen atoms in total. The molecule has 4 heteroatoms. The van der Waals surface area contributed by atoms with Crippen molar-refractivity contribution in [1.29, 1.82) is 0 Å². The lowest BCUT2D eigenvalue weighted by molar-refractivity contribution is -0.143. The zero-order valence-corrected chi connectivity index (χ0v) is 9.52. The summed E-state index contributed by atoms with van der Waals surface area (Å²) in [5.74, 6) is -0.725. The van der Waals surface area contributed by atoms with Crippen molar-refractivity contribution in [1.82, 2.24) is 9.80 Å². The average Bonchev–Trinajstić information content (AvgIpc) is 2.26. The van der Waals surface area contributed by atoms with Gasteiger partial charge in [-0.3, -0.25) is 14.6 Å². The molecule has 0 aliphatic carbocycles. The van der Waals surface area contributed by atoms with Crippen LogP contribution < -0.4 is 0 Å². The SMILES string of the molecule is CC=CCN1CCN(C(C)C(=O)O)CC1. The molecule has 1 heterocycles. The maximum absolute atomic E-state index is 10.8. The Morgan fingerprint density at radius 3 is 2.47 bits per heavy atom. The summed E-state index contributed by atoms with van der Waals surface area (Å²) in [5.41, 5.74) is 0. The molecule has 15 heavy (non-hydrogen) atoms. The summed E-state index contributed by atoms with van der Waals surface area (Å²) in [6, 6.07) is -0.353. The van der Waals surface area contributed by atoms with Gasteiger partial charge in [-0.2, -0.15) is 0 Å². The van der Waals surface area contributed by atoms with Crippen LogP contribution in [0.4, 0.5) is 0 Å². The molecule has 1 fully saturated rings. The van der Waals surface area contributed by atoms with Crippen molar-refractivity contribution >= 4 is 5.97 Å². The lowest BCUT2D eigenvalue weighted by atomic mass is 10.2. The van der Waals surface area contributed by atoms with Crippen molar-refractivity contribution in [2.24, 2.45) is 0 Å². The Bertz CT molecular complexity index is 233. The van der Waals surface area contributed by atoms with E-state index in [1.54, 1.807) is 6.92 Å². The zero-order chi connectivity index (χ0) is 11.3. The molecule has 0 aromatic heterocycles. The number of nitrogens with zero attached hydrogens (tertiary/aromatic N) is 2. The van der Waals surface area contributed by atoms with Crippen molar-refractivity contribution in [3.05, 3.63) is 12.2 Å². The van der Waals surface area contributed by atoms with Gasteiger partial charge in [-0.15, -0.1) is 0 Å². The lowest BCUT2D eigenvalue weighted by Gasteiger charge is -2.36. The van der Waals surface area contributed by atoms with E-state index in [1.807, 2.05) is 17.9 Å². The number of allylic oxidation sites excluding steroid dienone is 1. The van der Waals surface area contributed by atoms with Crippen LogP contribution in [0.15, 0.2) is 12.2 Å². The molecule has 1 atom stereocenters. The Morgan fingerprint density at radius 1 is 1.40 bits per heavy atom. The van der Waals surface area contributed by atoms with Crippen LogP contribution in [0, 0.1) is 0 Å². The van der Waals surface area contributed by atoms with Gasteiger partial charge in [0.1, 0.15) is 6.04 Å². The van der Waals surface area contributed by atoms with Crippen molar-refractivity contribution in [3.63, 3.8) is 0 Å². The minimum Gasteiger partial charge on any atom is -0.480 e. The monoisotopic (exact) mass is 212 g/mol. The highest BCUT2D eigenvalue weighted by molar-refractivity contribution is 5.72. The fourth-order valence-electron chi connectivity index (χ4n) is 1.74. The highest BCUT2D eigenvalue weighted by Crippen LogP contribution is 2.06. The van der Waals surface area contributed by atoms with Crippen LogP contribution in [0.3, 0.4) is 0 Å². The largest absolute Gasteiger partial charge is 0.480 e. The Balaban J connectivity index is 2.32. The molecule has 1 rings (SSSR count). The number of hydrogen-bond donors (Lipinski definition) is 1. The normalized spacial score (nSPS) is 22.0. The molecule has 1 N–H and O–H groups in total. The van der Waals surface area contributed by atoms with Crippen LogP contribution >= 0.6 is 0 Å². The highest BCUT2D eigenvalue weighted by Gasteiger charge is 2.24. The molecule has 1 aliphatic rings. The van der Waals surface area contributed by atoms with Gasteiger partial charge in [-0.1, -0.05) is 12.2 Å². The van der Waals surface area contributed by atoms with Gasteiger partial charge in [0.2, 0.25) is 0 Å². The van der Waals surface area contributed by atoms with E-state index in [1.165, 1.54) is 0 Å². The molecule has 0 radical (unpaired) electrons. The van der Waals surface area contributed by atoms with Crippen molar-refractivity contribution < 1.29 is 9.90 Å². The summed E-state index contributed by atoms with van der Waals surface area (Å²) in [7, 11) is 0. The third kappa shape index (κ3) is 3.64. The predicted molar refractivity (Wildman–Crippen MR) is 59.9 cm³/mol. The molecule has 86 valence electrons. The van der Waals surface area contributed by atoms with Gasteiger partial charge < -0.3 is 5.11 Å². The van der Waals surface area contributed by atoms with Crippen molar-refractivity contribution in [2.75, 3.05) is 32.7 Å². The van der Waals surface area contributed by atoms with Crippen molar-refractivity contribution in [2.45, 2.75) is 19.9 Å². The summed E-state index contributed by atoms with van der Waals surface area (Å²) in [6.45, 7) is 8.37. The van der Waals surface area contributed by atoms with Crippen molar-refractivity contribution in [3.8, 4) is 0 Å². The molecule has 1 unspecified atom stereocenters. The van der Waals surface area contributed by atoms with Crippen LogP contribution in [0.2, 0.25) is 0 Å². The second kappa shape index (κ2) is 5.88. The Labute approximate surface area is 91.2 Å². The topological polar surface area (TPSA) is 43.8 Å². The molecule has 0 aromatic carbocycles. The van der Waals surface area contributed by atoms with E-state index in [0.717, 1.165) is 32.7 Å². The molecule has 0 amide bonds. The number of aliphatic carboxylic acids is 1. The lowest BCUT2D eigenvalue weighted by Crippen LogP contribution is -2.51. The first-order valence-electron chi connectivity index (χ1n) is 5.45. The Morgan fingerprint density at radius 2 is 2.00 bits per heavy atom. The third-order valence-corrected chi connectivity index (χ3v) is 2.91. The predicted octanol–water partition coefficient (Wildman–Crippen LogP) is 0.653. The van der Waals surface area contributed by atoms with E-state index in [0.29, 0.717) is 0 Å². The van der Waals surface area contributed by atoms with Gasteiger partial charge in [0, 0.05) is 32.7 Å². The highest BCUT2D eigenvalue weighted by atomic mass is 16.4. The van der Waals surface area contributed by atoms with Crippen LogP contribution in [-0.4, -0.2) is 59.6 Å². The number of rotatable bonds is 4. The summed E-state index contributed by atoms with van der Waals surface area (Å²) in [4.78, 5) is 15.1. The van der Waals surface area contributed by atoms with E-state index >= 15 is 0 Å². The first kappa shape index (κ1) is 12.2. The molecular formula is C11H20N2O2. The first-order chi connectivity index (χ1) is 7.15. The third-order valence-electron chi connectivity index (χ3n) is 2.91. The van der Waals surface area contributed by atoms with E-state index < -0.39 is 5.97 Å². The number of piperazine rings is 1. The maximum atomic E-state index is 10.8. The summed E-state index contributed by atoms with van der Waals surface area (Å²) in [6.07, 6.45) is 4.18. The Hall–Kier alpha value is -0.870. The van der Waals surface area contributed by atoms with Gasteiger partial charge in [0.05, 0.1) is 0 Å². The molecule has 0 aromatic rings. The number of carboxylic acid groups (broad SMARTS) is 1. The number of carboxylic acids is 1. The van der Waals surface area contributed by atoms with Gasteiger partial charge in [0.15, 0.2) is 0 Å². The van der Waals surface area contributed by atoms with E-state index in [2.05, 4.69) is 11.0 Å². The molecule has 1 saturated heterocycles.